The minimum absolute atomic E-state index is 0.0267. The number of rotatable bonds is 6. The third-order valence-electron chi connectivity index (χ3n) is 3.36. The first kappa shape index (κ1) is 15.4. The number of aryl methyl sites for hydroxylation is 1. The average Bonchev–Trinajstić information content (AvgIpc) is 2.92. The summed E-state index contributed by atoms with van der Waals surface area (Å²) in [5.74, 6) is 0.273. The van der Waals surface area contributed by atoms with Gasteiger partial charge in [-0.05, 0) is 19.9 Å². The van der Waals surface area contributed by atoms with Crippen molar-refractivity contribution in [2.75, 3.05) is 5.75 Å². The molecule has 0 aliphatic carbocycles. The summed E-state index contributed by atoms with van der Waals surface area (Å²) in [6, 6.07) is 1.89. The lowest BCUT2D eigenvalue weighted by molar-refractivity contribution is 0.102. The van der Waals surface area contributed by atoms with E-state index in [1.165, 1.54) is 16.3 Å². The molecule has 0 amide bonds. The van der Waals surface area contributed by atoms with Crippen LogP contribution in [0.2, 0.25) is 0 Å². The highest BCUT2D eigenvalue weighted by molar-refractivity contribution is 7.99. The first-order valence-corrected chi connectivity index (χ1v) is 7.49. The van der Waals surface area contributed by atoms with Gasteiger partial charge in [0.2, 0.25) is 0 Å². The average molecular weight is 306 g/mol. The number of aromatic nitrogens is 4. The standard InChI is InChI=1S/C14H18N4O2S/c1-5-6-18-9(2)7-11(10(18)3)12(19)8-21-14-16-15-13(20)17(14)4/h5,7H,1,6,8H2,2-4H3,(H,15,20). The van der Waals surface area contributed by atoms with Crippen LogP contribution in [0.25, 0.3) is 0 Å². The van der Waals surface area contributed by atoms with Gasteiger partial charge >= 0.3 is 5.69 Å². The number of aromatic amines is 1. The molecular formula is C14H18N4O2S. The van der Waals surface area contributed by atoms with Gasteiger partial charge in [-0.25, -0.2) is 9.89 Å². The molecule has 1 N–H and O–H groups in total. The van der Waals surface area contributed by atoms with Gasteiger partial charge < -0.3 is 4.57 Å². The molecule has 2 aromatic heterocycles. The molecule has 7 heteroatoms. The summed E-state index contributed by atoms with van der Waals surface area (Å²) in [5.41, 5.74) is 2.40. The fraction of sp³-hybridized carbons (Fsp3) is 0.357. The van der Waals surface area contributed by atoms with Crippen molar-refractivity contribution in [3.05, 3.63) is 46.2 Å². The zero-order chi connectivity index (χ0) is 15.6. The zero-order valence-corrected chi connectivity index (χ0v) is 13.2. The summed E-state index contributed by atoms with van der Waals surface area (Å²) >= 11 is 1.25. The van der Waals surface area contributed by atoms with E-state index in [1.54, 1.807) is 7.05 Å². The monoisotopic (exact) mass is 306 g/mol. The quantitative estimate of drug-likeness (QED) is 0.501. The van der Waals surface area contributed by atoms with Crippen molar-refractivity contribution in [2.24, 2.45) is 7.05 Å². The van der Waals surface area contributed by atoms with Crippen LogP contribution in [0.15, 0.2) is 28.7 Å². The van der Waals surface area contributed by atoms with Crippen LogP contribution in [0.1, 0.15) is 21.7 Å². The Kier molecular flexibility index (Phi) is 4.52. The van der Waals surface area contributed by atoms with Crippen molar-refractivity contribution in [1.29, 1.82) is 0 Å². The Labute approximate surface area is 126 Å². The molecule has 112 valence electrons. The molecule has 2 rings (SSSR count). The molecule has 0 atom stereocenters. The molecule has 21 heavy (non-hydrogen) atoms. The van der Waals surface area contributed by atoms with Crippen molar-refractivity contribution in [2.45, 2.75) is 25.5 Å². The van der Waals surface area contributed by atoms with Crippen molar-refractivity contribution in [3.8, 4) is 0 Å². The van der Waals surface area contributed by atoms with Gasteiger partial charge in [-0.3, -0.25) is 9.36 Å². The molecule has 0 bridgehead atoms. The lowest BCUT2D eigenvalue weighted by Gasteiger charge is -2.06. The molecule has 2 heterocycles. The number of carbonyl (C=O) groups excluding carboxylic acids is 1. The van der Waals surface area contributed by atoms with Crippen molar-refractivity contribution in [3.63, 3.8) is 0 Å². The van der Waals surface area contributed by atoms with E-state index in [0.29, 0.717) is 17.3 Å². The zero-order valence-electron chi connectivity index (χ0n) is 12.3. The van der Waals surface area contributed by atoms with E-state index in [2.05, 4.69) is 21.3 Å². The van der Waals surface area contributed by atoms with Crippen LogP contribution in [0, 0.1) is 13.8 Å². The molecule has 0 fully saturated rings. The van der Waals surface area contributed by atoms with Gasteiger partial charge in [-0.2, -0.15) is 0 Å². The van der Waals surface area contributed by atoms with Crippen LogP contribution >= 0.6 is 11.8 Å². The maximum atomic E-state index is 12.3. The molecule has 0 spiro atoms. The highest BCUT2D eigenvalue weighted by Crippen LogP contribution is 2.20. The van der Waals surface area contributed by atoms with Gasteiger partial charge in [-0.1, -0.05) is 17.8 Å². The summed E-state index contributed by atoms with van der Waals surface area (Å²) in [7, 11) is 1.62. The summed E-state index contributed by atoms with van der Waals surface area (Å²) in [5, 5.41) is 6.73. The van der Waals surface area contributed by atoms with Crippen LogP contribution < -0.4 is 5.69 Å². The minimum Gasteiger partial charge on any atom is -0.345 e. The Bertz CT molecular complexity index is 739. The number of ketones is 1. The SMILES string of the molecule is C=CCn1c(C)cc(C(=O)CSc2n[nH]c(=O)n2C)c1C. The highest BCUT2D eigenvalue weighted by atomic mass is 32.2. The third-order valence-corrected chi connectivity index (χ3v) is 4.39. The normalized spacial score (nSPS) is 10.8. The summed E-state index contributed by atoms with van der Waals surface area (Å²) in [4.78, 5) is 23.6. The van der Waals surface area contributed by atoms with Gasteiger partial charge in [0, 0.05) is 30.5 Å². The van der Waals surface area contributed by atoms with Crippen LogP contribution in [0.4, 0.5) is 0 Å². The van der Waals surface area contributed by atoms with Gasteiger partial charge in [0.15, 0.2) is 10.9 Å². The lowest BCUT2D eigenvalue weighted by Crippen LogP contribution is -2.13. The second-order valence-electron chi connectivity index (χ2n) is 4.77. The molecule has 6 nitrogen and oxygen atoms in total. The lowest BCUT2D eigenvalue weighted by atomic mass is 10.2. The maximum Gasteiger partial charge on any atom is 0.343 e. The van der Waals surface area contributed by atoms with Crippen molar-refractivity contribution in [1.82, 2.24) is 19.3 Å². The van der Waals surface area contributed by atoms with Crippen LogP contribution in [0.5, 0.6) is 0 Å². The van der Waals surface area contributed by atoms with Crippen LogP contribution in [-0.2, 0) is 13.6 Å². The van der Waals surface area contributed by atoms with E-state index in [4.69, 9.17) is 0 Å². The Hall–Kier alpha value is -2.02. The smallest absolute Gasteiger partial charge is 0.343 e. The summed E-state index contributed by atoms with van der Waals surface area (Å²) in [6.45, 7) is 8.31. The fourth-order valence-corrected chi connectivity index (χ4v) is 2.97. The highest BCUT2D eigenvalue weighted by Gasteiger charge is 2.16. The van der Waals surface area contributed by atoms with E-state index in [0.717, 1.165) is 11.4 Å². The fourth-order valence-electron chi connectivity index (χ4n) is 2.16. The number of thioether (sulfide) groups is 1. The number of nitrogens with one attached hydrogen (secondary N) is 1. The topological polar surface area (TPSA) is 72.7 Å². The summed E-state index contributed by atoms with van der Waals surface area (Å²) in [6.07, 6.45) is 1.81. The van der Waals surface area contributed by atoms with Gasteiger partial charge in [0.05, 0.1) is 5.75 Å². The van der Waals surface area contributed by atoms with Crippen molar-refractivity contribution >= 4 is 17.5 Å². The van der Waals surface area contributed by atoms with Gasteiger partial charge in [0.25, 0.3) is 0 Å². The van der Waals surface area contributed by atoms with Gasteiger partial charge in [-0.15, -0.1) is 11.7 Å². The molecule has 2 aromatic rings. The number of carbonyl (C=O) groups is 1. The van der Waals surface area contributed by atoms with E-state index in [-0.39, 0.29) is 17.2 Å². The first-order chi connectivity index (χ1) is 9.95. The van der Waals surface area contributed by atoms with E-state index >= 15 is 0 Å². The molecule has 0 radical (unpaired) electrons. The molecule has 0 aromatic carbocycles. The number of hydrogen-bond acceptors (Lipinski definition) is 4. The number of Topliss-reactive ketones (excluding diaryl/α,β-unsaturated/α-hetero) is 1. The summed E-state index contributed by atoms with van der Waals surface area (Å²) < 4.78 is 3.44. The molecule has 0 aliphatic heterocycles. The largest absolute Gasteiger partial charge is 0.345 e. The van der Waals surface area contributed by atoms with Crippen LogP contribution in [0.3, 0.4) is 0 Å². The molecule has 0 saturated heterocycles. The first-order valence-electron chi connectivity index (χ1n) is 6.50. The van der Waals surface area contributed by atoms with E-state index in [1.807, 2.05) is 26.0 Å². The predicted octanol–water partition coefficient (Wildman–Crippen LogP) is 1.69. The molecule has 0 saturated carbocycles. The van der Waals surface area contributed by atoms with Crippen molar-refractivity contribution < 1.29 is 4.79 Å². The van der Waals surface area contributed by atoms with Crippen LogP contribution in [-0.4, -0.2) is 30.9 Å². The second-order valence-corrected chi connectivity index (χ2v) is 5.71. The van der Waals surface area contributed by atoms with Gasteiger partial charge in [0.1, 0.15) is 0 Å². The minimum atomic E-state index is -0.283. The number of H-pyrrole nitrogens is 1. The number of hydrogen-bond donors (Lipinski definition) is 1. The van der Waals surface area contributed by atoms with E-state index < -0.39 is 0 Å². The Morgan fingerprint density at radius 1 is 1.52 bits per heavy atom. The number of nitrogens with zero attached hydrogens (tertiary/aromatic N) is 3. The predicted molar refractivity (Wildman–Crippen MR) is 83.0 cm³/mol. The third kappa shape index (κ3) is 3.02. The Morgan fingerprint density at radius 3 is 2.81 bits per heavy atom. The number of allylic oxidation sites excluding steroid dienone is 1. The molecule has 0 unspecified atom stereocenters. The Morgan fingerprint density at radius 2 is 2.24 bits per heavy atom. The molecular weight excluding hydrogens is 288 g/mol. The second kappa shape index (κ2) is 6.17. The van der Waals surface area contributed by atoms with E-state index in [9.17, 15) is 9.59 Å². The Balaban J connectivity index is 2.14. The molecule has 0 aliphatic rings. The maximum absolute atomic E-state index is 12.3.